The molecule has 0 radical (unpaired) electrons. The van der Waals surface area contributed by atoms with Crippen molar-refractivity contribution in [2.24, 2.45) is 0 Å². The first kappa shape index (κ1) is 15.3. The molecule has 0 bridgehead atoms. The highest BCUT2D eigenvalue weighted by Gasteiger charge is 2.13. The lowest BCUT2D eigenvalue weighted by molar-refractivity contribution is -0.133. The normalized spacial score (nSPS) is 10.8. The zero-order chi connectivity index (χ0) is 13.4. The van der Waals surface area contributed by atoms with Gasteiger partial charge in [-0.2, -0.15) is 11.8 Å². The van der Waals surface area contributed by atoms with Crippen LogP contribution in [0, 0.1) is 0 Å². The molecule has 1 aromatic heterocycles. The minimum absolute atomic E-state index is 0.00631. The Balaban J connectivity index is 2.74. The first-order chi connectivity index (χ1) is 8.69. The molecule has 0 amide bonds. The van der Waals surface area contributed by atoms with Crippen LogP contribution in [0.4, 0.5) is 0 Å². The molecular weight excluding hydrogens is 274 g/mol. The zero-order valence-electron chi connectivity index (χ0n) is 10.5. The van der Waals surface area contributed by atoms with Crippen molar-refractivity contribution in [1.29, 1.82) is 0 Å². The second-order valence-corrected chi connectivity index (χ2v) is 5.40. The Labute approximate surface area is 114 Å². The lowest BCUT2D eigenvalue weighted by Crippen LogP contribution is -2.11. The molecule has 0 saturated carbocycles. The van der Waals surface area contributed by atoms with Gasteiger partial charge in [-0.05, 0) is 6.26 Å². The molecule has 102 valence electrons. The number of aliphatic carboxylic acids is 1. The molecule has 0 saturated heterocycles. The van der Waals surface area contributed by atoms with E-state index < -0.39 is 5.97 Å². The third-order valence-corrected chi connectivity index (χ3v) is 3.73. The van der Waals surface area contributed by atoms with E-state index in [2.05, 4.69) is 10.2 Å². The summed E-state index contributed by atoms with van der Waals surface area (Å²) in [6.45, 7) is 1.21. The highest BCUT2D eigenvalue weighted by molar-refractivity contribution is 7.99. The SMILES string of the molecule is COCCn1c(CCSC)nnc1SCC(=O)O. The standard InChI is InChI=1S/C10H17N3O3S2/c1-16-5-4-13-8(3-6-17-2)11-12-10(13)18-7-9(14)15/h3-7H2,1-2H3,(H,14,15). The van der Waals surface area contributed by atoms with Crippen LogP contribution in [-0.2, 0) is 22.5 Å². The van der Waals surface area contributed by atoms with E-state index in [0.29, 0.717) is 18.3 Å². The predicted octanol–water partition coefficient (Wildman–Crippen LogP) is 1.01. The Hall–Kier alpha value is -0.730. The molecule has 0 aliphatic rings. The van der Waals surface area contributed by atoms with Gasteiger partial charge in [0.1, 0.15) is 5.82 Å². The molecule has 1 aromatic rings. The zero-order valence-corrected chi connectivity index (χ0v) is 12.1. The van der Waals surface area contributed by atoms with Gasteiger partial charge in [0, 0.05) is 25.8 Å². The van der Waals surface area contributed by atoms with Crippen molar-refractivity contribution in [3.05, 3.63) is 5.82 Å². The van der Waals surface area contributed by atoms with Gasteiger partial charge < -0.3 is 14.4 Å². The lowest BCUT2D eigenvalue weighted by atomic mass is 10.4. The number of thioether (sulfide) groups is 2. The van der Waals surface area contributed by atoms with Crippen molar-refractivity contribution in [1.82, 2.24) is 14.8 Å². The molecule has 0 unspecified atom stereocenters. The smallest absolute Gasteiger partial charge is 0.313 e. The maximum atomic E-state index is 10.6. The van der Waals surface area contributed by atoms with Gasteiger partial charge in [-0.25, -0.2) is 0 Å². The van der Waals surface area contributed by atoms with E-state index in [1.807, 2.05) is 10.8 Å². The molecule has 0 atom stereocenters. The summed E-state index contributed by atoms with van der Waals surface area (Å²) in [5.41, 5.74) is 0. The van der Waals surface area contributed by atoms with E-state index in [1.54, 1.807) is 18.9 Å². The van der Waals surface area contributed by atoms with E-state index in [9.17, 15) is 4.79 Å². The molecule has 0 aliphatic heterocycles. The molecule has 6 nitrogen and oxygen atoms in total. The van der Waals surface area contributed by atoms with Crippen LogP contribution < -0.4 is 0 Å². The van der Waals surface area contributed by atoms with Crippen LogP contribution in [0.3, 0.4) is 0 Å². The number of aryl methyl sites for hydroxylation is 1. The second kappa shape index (κ2) is 8.39. The molecule has 18 heavy (non-hydrogen) atoms. The minimum Gasteiger partial charge on any atom is -0.481 e. The molecule has 1 N–H and O–H groups in total. The van der Waals surface area contributed by atoms with E-state index in [1.165, 1.54) is 11.8 Å². The van der Waals surface area contributed by atoms with Crippen molar-refractivity contribution in [3.8, 4) is 0 Å². The highest BCUT2D eigenvalue weighted by Crippen LogP contribution is 2.17. The first-order valence-corrected chi connectivity index (χ1v) is 7.81. The number of hydrogen-bond donors (Lipinski definition) is 1. The van der Waals surface area contributed by atoms with Crippen molar-refractivity contribution in [2.75, 3.05) is 31.5 Å². The summed E-state index contributed by atoms with van der Waals surface area (Å²) in [7, 11) is 1.63. The summed E-state index contributed by atoms with van der Waals surface area (Å²) >= 11 is 2.93. The van der Waals surface area contributed by atoms with Crippen LogP contribution in [0.15, 0.2) is 5.16 Å². The van der Waals surface area contributed by atoms with Crippen molar-refractivity contribution >= 4 is 29.5 Å². The number of hydrogen-bond acceptors (Lipinski definition) is 6. The van der Waals surface area contributed by atoms with Gasteiger partial charge in [0.15, 0.2) is 5.16 Å². The molecule has 1 rings (SSSR count). The van der Waals surface area contributed by atoms with Gasteiger partial charge in [0.2, 0.25) is 0 Å². The Bertz CT molecular complexity index is 384. The van der Waals surface area contributed by atoms with E-state index in [0.717, 1.165) is 18.0 Å². The van der Waals surface area contributed by atoms with E-state index in [4.69, 9.17) is 9.84 Å². The quantitative estimate of drug-likeness (QED) is 0.680. The number of carboxylic acid groups (broad SMARTS) is 1. The predicted molar refractivity (Wildman–Crippen MR) is 72.3 cm³/mol. The Morgan fingerprint density at radius 2 is 2.28 bits per heavy atom. The monoisotopic (exact) mass is 291 g/mol. The third kappa shape index (κ3) is 4.87. The number of carbonyl (C=O) groups is 1. The van der Waals surface area contributed by atoms with Crippen LogP contribution in [0.1, 0.15) is 5.82 Å². The summed E-state index contributed by atoms with van der Waals surface area (Å²) in [6.07, 6.45) is 2.86. The fraction of sp³-hybridized carbons (Fsp3) is 0.700. The van der Waals surface area contributed by atoms with Gasteiger partial charge in [-0.3, -0.25) is 4.79 Å². The van der Waals surface area contributed by atoms with Crippen LogP contribution in [0.25, 0.3) is 0 Å². The van der Waals surface area contributed by atoms with Gasteiger partial charge >= 0.3 is 5.97 Å². The molecule has 0 aromatic carbocycles. The molecule has 0 fully saturated rings. The van der Waals surface area contributed by atoms with E-state index in [-0.39, 0.29) is 5.75 Å². The number of rotatable bonds is 9. The molecular formula is C10H17N3O3S2. The van der Waals surface area contributed by atoms with Crippen molar-refractivity contribution in [3.63, 3.8) is 0 Å². The number of aromatic nitrogens is 3. The Kier molecular flexibility index (Phi) is 7.14. The maximum Gasteiger partial charge on any atom is 0.313 e. The van der Waals surface area contributed by atoms with Crippen LogP contribution in [0.5, 0.6) is 0 Å². The molecule has 8 heteroatoms. The largest absolute Gasteiger partial charge is 0.481 e. The summed E-state index contributed by atoms with van der Waals surface area (Å²) in [4.78, 5) is 10.6. The first-order valence-electron chi connectivity index (χ1n) is 5.43. The summed E-state index contributed by atoms with van der Waals surface area (Å²) in [5.74, 6) is 0.990. The van der Waals surface area contributed by atoms with Crippen LogP contribution >= 0.6 is 23.5 Å². The van der Waals surface area contributed by atoms with Gasteiger partial charge in [0.05, 0.1) is 12.4 Å². The Morgan fingerprint density at radius 3 is 2.89 bits per heavy atom. The third-order valence-electron chi connectivity index (χ3n) is 2.17. The fourth-order valence-electron chi connectivity index (χ4n) is 1.34. The number of nitrogens with zero attached hydrogens (tertiary/aromatic N) is 3. The minimum atomic E-state index is -0.855. The average Bonchev–Trinajstić information content (AvgIpc) is 2.73. The molecule has 1 heterocycles. The summed E-state index contributed by atoms with van der Waals surface area (Å²) in [6, 6.07) is 0. The average molecular weight is 291 g/mol. The number of methoxy groups -OCH3 is 1. The highest BCUT2D eigenvalue weighted by atomic mass is 32.2. The van der Waals surface area contributed by atoms with E-state index >= 15 is 0 Å². The van der Waals surface area contributed by atoms with Crippen molar-refractivity contribution < 1.29 is 14.6 Å². The Morgan fingerprint density at radius 1 is 1.50 bits per heavy atom. The van der Waals surface area contributed by atoms with Gasteiger partial charge in [-0.1, -0.05) is 11.8 Å². The van der Waals surface area contributed by atoms with Gasteiger partial charge in [-0.15, -0.1) is 10.2 Å². The van der Waals surface area contributed by atoms with Crippen LogP contribution in [0.2, 0.25) is 0 Å². The topological polar surface area (TPSA) is 77.2 Å². The van der Waals surface area contributed by atoms with Crippen molar-refractivity contribution in [2.45, 2.75) is 18.1 Å². The number of carboxylic acids is 1. The second-order valence-electron chi connectivity index (χ2n) is 3.47. The van der Waals surface area contributed by atoms with Crippen LogP contribution in [-0.4, -0.2) is 57.3 Å². The lowest BCUT2D eigenvalue weighted by Gasteiger charge is -2.08. The summed E-state index contributed by atoms with van der Waals surface area (Å²) in [5, 5.41) is 17.5. The maximum absolute atomic E-state index is 10.6. The molecule has 0 aliphatic carbocycles. The summed E-state index contributed by atoms with van der Waals surface area (Å²) < 4.78 is 6.99. The fourth-order valence-corrected chi connectivity index (χ4v) is 2.43. The van der Waals surface area contributed by atoms with Gasteiger partial charge in [0.25, 0.3) is 0 Å². The molecule has 0 spiro atoms. The number of ether oxygens (including phenoxy) is 1.